The van der Waals surface area contributed by atoms with Gasteiger partial charge in [0.25, 0.3) is 5.91 Å². The molecule has 0 bridgehead atoms. The van der Waals surface area contributed by atoms with Gasteiger partial charge in [-0.15, -0.1) is 23.1 Å². The van der Waals surface area contributed by atoms with Gasteiger partial charge in [-0.05, 0) is 36.9 Å². The summed E-state index contributed by atoms with van der Waals surface area (Å²) < 4.78 is 0. The molecule has 2 aromatic heterocycles. The number of thiophene rings is 1. The molecule has 1 atom stereocenters. The van der Waals surface area contributed by atoms with E-state index in [0.29, 0.717) is 17.8 Å². The van der Waals surface area contributed by atoms with E-state index >= 15 is 0 Å². The second-order valence-electron chi connectivity index (χ2n) is 6.90. The number of nitrogens with zero attached hydrogens (tertiary/aromatic N) is 2. The SMILES string of the molecule is CNNC(=O)/C(C)=C\C=O.Cc1cccc(C2CSc3nc(-c4cccs4)ncc32)c1. The van der Waals surface area contributed by atoms with E-state index in [1.54, 1.807) is 25.3 Å². The highest BCUT2D eigenvalue weighted by molar-refractivity contribution is 7.99. The Morgan fingerprint density at radius 3 is 2.77 bits per heavy atom. The number of fused-ring (bicyclic) bond motifs is 1. The molecule has 3 aromatic rings. The molecule has 0 spiro atoms. The number of carbonyl (C=O) groups excluding carboxylic acids is 2. The number of thioether (sulfide) groups is 1. The van der Waals surface area contributed by atoms with Crippen LogP contribution in [0.3, 0.4) is 0 Å². The van der Waals surface area contributed by atoms with Crippen LogP contribution >= 0.6 is 23.1 Å². The average Bonchev–Trinajstić information content (AvgIpc) is 3.44. The lowest BCUT2D eigenvalue weighted by Crippen LogP contribution is -2.34. The number of amides is 1. The molecule has 160 valence electrons. The number of carbonyl (C=O) groups is 2. The quantitative estimate of drug-likeness (QED) is 0.262. The summed E-state index contributed by atoms with van der Waals surface area (Å²) >= 11 is 3.53. The molecule has 0 aliphatic carbocycles. The van der Waals surface area contributed by atoms with Crippen LogP contribution in [0.1, 0.15) is 29.5 Å². The van der Waals surface area contributed by atoms with Crippen molar-refractivity contribution in [2.24, 2.45) is 0 Å². The minimum Gasteiger partial charge on any atom is -0.299 e. The third-order valence-electron chi connectivity index (χ3n) is 4.64. The van der Waals surface area contributed by atoms with E-state index in [9.17, 15) is 9.59 Å². The van der Waals surface area contributed by atoms with Gasteiger partial charge >= 0.3 is 0 Å². The molecule has 2 N–H and O–H groups in total. The van der Waals surface area contributed by atoms with Crippen molar-refractivity contribution >= 4 is 35.3 Å². The maximum atomic E-state index is 10.7. The Morgan fingerprint density at radius 1 is 1.26 bits per heavy atom. The third-order valence-corrected chi connectivity index (χ3v) is 6.61. The molecule has 4 rings (SSSR count). The van der Waals surface area contributed by atoms with Crippen LogP contribution in [0.5, 0.6) is 0 Å². The smallest absolute Gasteiger partial charge is 0.261 e. The van der Waals surface area contributed by atoms with Crippen molar-refractivity contribution in [1.29, 1.82) is 0 Å². The number of benzene rings is 1. The van der Waals surface area contributed by atoms with E-state index in [0.717, 1.165) is 21.5 Å². The van der Waals surface area contributed by atoms with Gasteiger partial charge in [0.15, 0.2) is 5.82 Å². The van der Waals surface area contributed by atoms with Crippen LogP contribution in [0.25, 0.3) is 10.7 Å². The molecule has 1 aliphatic heterocycles. The van der Waals surface area contributed by atoms with Crippen molar-refractivity contribution in [3.8, 4) is 10.7 Å². The molecule has 0 saturated heterocycles. The van der Waals surface area contributed by atoms with Gasteiger partial charge in [-0.25, -0.2) is 15.4 Å². The number of rotatable bonds is 5. The number of aromatic nitrogens is 2. The Bertz CT molecular complexity index is 1080. The number of nitrogens with one attached hydrogen (secondary N) is 2. The molecule has 0 saturated carbocycles. The molecule has 1 aromatic carbocycles. The van der Waals surface area contributed by atoms with Crippen molar-refractivity contribution in [1.82, 2.24) is 20.8 Å². The lowest BCUT2D eigenvalue weighted by atomic mass is 9.94. The monoisotopic (exact) mass is 452 g/mol. The molecule has 8 heteroatoms. The van der Waals surface area contributed by atoms with Crippen LogP contribution in [0.15, 0.2) is 64.7 Å². The zero-order chi connectivity index (χ0) is 22.2. The van der Waals surface area contributed by atoms with Gasteiger partial charge in [0, 0.05) is 36.1 Å². The van der Waals surface area contributed by atoms with Gasteiger partial charge in [0.1, 0.15) is 11.3 Å². The van der Waals surface area contributed by atoms with E-state index < -0.39 is 0 Å². The molecule has 0 radical (unpaired) electrons. The van der Waals surface area contributed by atoms with E-state index in [4.69, 9.17) is 4.98 Å². The van der Waals surface area contributed by atoms with E-state index in [2.05, 4.69) is 58.5 Å². The van der Waals surface area contributed by atoms with Crippen molar-refractivity contribution in [2.75, 3.05) is 12.8 Å². The number of hydrazine groups is 1. The maximum absolute atomic E-state index is 10.7. The highest BCUT2D eigenvalue weighted by atomic mass is 32.2. The Labute approximate surface area is 190 Å². The Morgan fingerprint density at radius 2 is 2.10 bits per heavy atom. The third kappa shape index (κ3) is 5.88. The summed E-state index contributed by atoms with van der Waals surface area (Å²) in [6, 6.07) is 12.9. The molecule has 1 aliphatic rings. The first-order chi connectivity index (χ1) is 15.0. The second kappa shape index (κ2) is 11.0. The molecular weight excluding hydrogens is 428 g/mol. The first-order valence-corrected chi connectivity index (χ1v) is 11.6. The first-order valence-electron chi connectivity index (χ1n) is 9.72. The van der Waals surface area contributed by atoms with Crippen LogP contribution in [0, 0.1) is 6.92 Å². The highest BCUT2D eigenvalue weighted by Gasteiger charge is 2.27. The molecule has 1 unspecified atom stereocenters. The van der Waals surface area contributed by atoms with Crippen LogP contribution in [0.2, 0.25) is 0 Å². The van der Waals surface area contributed by atoms with Crippen LogP contribution in [0.4, 0.5) is 0 Å². The van der Waals surface area contributed by atoms with Crippen LogP contribution in [-0.4, -0.2) is 35.0 Å². The summed E-state index contributed by atoms with van der Waals surface area (Å²) in [7, 11) is 1.58. The first kappa shape index (κ1) is 22.9. The van der Waals surface area contributed by atoms with Gasteiger partial charge in [-0.1, -0.05) is 35.9 Å². The van der Waals surface area contributed by atoms with Crippen LogP contribution in [-0.2, 0) is 9.59 Å². The molecule has 31 heavy (non-hydrogen) atoms. The summed E-state index contributed by atoms with van der Waals surface area (Å²) in [4.78, 5) is 31.0. The highest BCUT2D eigenvalue weighted by Crippen LogP contribution is 2.42. The van der Waals surface area contributed by atoms with E-state index in [1.165, 1.54) is 22.8 Å². The minimum atomic E-state index is -0.297. The standard InChI is InChI=1S/C17H14N2S2.C6H10N2O2/c1-11-4-2-5-12(8-11)14-10-21-17-13(14)9-18-16(19-17)15-6-3-7-20-15;1-5(3-4-9)6(10)8-7-2/h2-9,14H,10H2,1H3;3-4,7H,1-2H3,(H,8,10)/b;5-3-. The fraction of sp³-hybridized carbons (Fsp3) is 0.217. The predicted octanol–water partition coefficient (Wildman–Crippen LogP) is 4.13. The van der Waals surface area contributed by atoms with Crippen molar-refractivity contribution in [3.05, 3.63) is 76.3 Å². The maximum Gasteiger partial charge on any atom is 0.261 e. The normalized spacial score (nSPS) is 14.9. The van der Waals surface area contributed by atoms with Gasteiger partial charge in [-0.3, -0.25) is 15.0 Å². The zero-order valence-corrected chi connectivity index (χ0v) is 19.2. The summed E-state index contributed by atoms with van der Waals surface area (Å²) in [5, 5.41) is 3.20. The lowest BCUT2D eigenvalue weighted by Gasteiger charge is -2.11. The number of hydrogen-bond donors (Lipinski definition) is 2. The summed E-state index contributed by atoms with van der Waals surface area (Å²) in [6.07, 6.45) is 3.79. The van der Waals surface area contributed by atoms with Crippen molar-refractivity contribution in [2.45, 2.75) is 24.8 Å². The number of allylic oxidation sites excluding steroid dienone is 1. The van der Waals surface area contributed by atoms with Gasteiger partial charge in [0.2, 0.25) is 0 Å². The van der Waals surface area contributed by atoms with E-state index in [-0.39, 0.29) is 5.91 Å². The number of hydrogen-bond acceptors (Lipinski definition) is 7. The van der Waals surface area contributed by atoms with Gasteiger partial charge < -0.3 is 0 Å². The molecule has 1 amide bonds. The predicted molar refractivity (Wildman–Crippen MR) is 126 cm³/mol. The minimum absolute atomic E-state index is 0.297. The topological polar surface area (TPSA) is 84.0 Å². The average molecular weight is 453 g/mol. The van der Waals surface area contributed by atoms with Crippen LogP contribution < -0.4 is 10.9 Å². The summed E-state index contributed by atoms with van der Waals surface area (Å²) in [5.41, 5.74) is 9.09. The zero-order valence-electron chi connectivity index (χ0n) is 17.6. The Hall–Kier alpha value is -2.81. The second-order valence-corrected chi connectivity index (χ2v) is 8.86. The molecule has 0 fully saturated rings. The lowest BCUT2D eigenvalue weighted by molar-refractivity contribution is -0.118. The van der Waals surface area contributed by atoms with Crippen molar-refractivity contribution < 1.29 is 9.59 Å². The molecular formula is C23H24N4O2S2. The Kier molecular flexibility index (Phi) is 8.11. The van der Waals surface area contributed by atoms with Gasteiger partial charge in [-0.2, -0.15) is 0 Å². The van der Waals surface area contributed by atoms with E-state index in [1.807, 2.05) is 24.0 Å². The Balaban J connectivity index is 0.000000233. The number of aryl methyl sites for hydroxylation is 1. The molecule has 3 heterocycles. The van der Waals surface area contributed by atoms with Gasteiger partial charge in [0.05, 0.1) is 4.88 Å². The largest absolute Gasteiger partial charge is 0.299 e. The molecule has 6 nitrogen and oxygen atoms in total. The summed E-state index contributed by atoms with van der Waals surface area (Å²) in [6.45, 7) is 3.70. The van der Waals surface area contributed by atoms with Crippen molar-refractivity contribution in [3.63, 3.8) is 0 Å². The summed E-state index contributed by atoms with van der Waals surface area (Å²) in [5.74, 6) is 2.03. The fourth-order valence-electron chi connectivity index (χ4n) is 3.06. The number of aldehydes is 1. The fourth-order valence-corrected chi connectivity index (χ4v) is 4.93.